The summed E-state index contributed by atoms with van der Waals surface area (Å²) in [6.07, 6.45) is 0. The SMILES string of the molecule is C/C(CNc1nc(N)nc(N)c1N=Nc1ccc(Cl)cc1)=N\NC(N)=O. The average Bonchev–Trinajstić information content (AvgIpc) is 2.58. The van der Waals surface area contributed by atoms with Crippen LogP contribution in [0.15, 0.2) is 39.6 Å². The second-order valence-corrected chi connectivity index (χ2v) is 5.45. The molecular formula is C14H17ClN10O. The number of urea groups is 1. The largest absolute Gasteiger partial charge is 0.382 e. The van der Waals surface area contributed by atoms with Crippen molar-refractivity contribution in [2.75, 3.05) is 23.3 Å². The highest BCUT2D eigenvalue weighted by molar-refractivity contribution is 6.30. The first-order chi connectivity index (χ1) is 12.3. The number of rotatable bonds is 6. The lowest BCUT2D eigenvalue weighted by Gasteiger charge is -2.09. The Morgan fingerprint density at radius 3 is 2.54 bits per heavy atom. The van der Waals surface area contributed by atoms with Crippen LogP contribution in [-0.2, 0) is 0 Å². The van der Waals surface area contributed by atoms with E-state index in [2.05, 4.69) is 36.0 Å². The zero-order valence-corrected chi connectivity index (χ0v) is 14.5. The Morgan fingerprint density at radius 2 is 1.88 bits per heavy atom. The Kier molecular flexibility index (Phi) is 6.22. The third kappa shape index (κ3) is 5.56. The highest BCUT2D eigenvalue weighted by atomic mass is 35.5. The van der Waals surface area contributed by atoms with Crippen molar-refractivity contribution in [2.24, 2.45) is 21.1 Å². The van der Waals surface area contributed by atoms with Gasteiger partial charge in [0, 0.05) is 5.02 Å². The Morgan fingerprint density at radius 1 is 1.19 bits per heavy atom. The fourth-order valence-electron chi connectivity index (χ4n) is 1.73. The van der Waals surface area contributed by atoms with Gasteiger partial charge >= 0.3 is 6.03 Å². The molecule has 26 heavy (non-hydrogen) atoms. The number of nitrogens with zero attached hydrogens (tertiary/aromatic N) is 5. The van der Waals surface area contributed by atoms with Crippen LogP contribution in [0.1, 0.15) is 6.92 Å². The number of aromatic nitrogens is 2. The van der Waals surface area contributed by atoms with E-state index >= 15 is 0 Å². The molecule has 0 bridgehead atoms. The molecule has 0 spiro atoms. The van der Waals surface area contributed by atoms with E-state index in [9.17, 15) is 4.79 Å². The molecule has 11 nitrogen and oxygen atoms in total. The lowest BCUT2D eigenvalue weighted by molar-refractivity contribution is 0.249. The van der Waals surface area contributed by atoms with E-state index in [0.29, 0.717) is 16.4 Å². The van der Waals surface area contributed by atoms with Gasteiger partial charge in [-0.3, -0.25) is 0 Å². The maximum Gasteiger partial charge on any atom is 0.332 e. The number of hydrogen-bond donors (Lipinski definition) is 5. The summed E-state index contributed by atoms with van der Waals surface area (Å²) >= 11 is 5.83. The maximum atomic E-state index is 10.7. The van der Waals surface area contributed by atoms with Crippen LogP contribution in [0.5, 0.6) is 0 Å². The number of anilines is 3. The molecule has 0 aliphatic rings. The van der Waals surface area contributed by atoms with Gasteiger partial charge in [0.25, 0.3) is 0 Å². The lowest BCUT2D eigenvalue weighted by Crippen LogP contribution is -2.26. The number of benzene rings is 1. The number of azo groups is 1. The molecule has 1 aromatic carbocycles. The summed E-state index contributed by atoms with van der Waals surface area (Å²) in [5.41, 5.74) is 19.9. The molecule has 0 aliphatic heterocycles. The van der Waals surface area contributed by atoms with E-state index in [4.69, 9.17) is 28.8 Å². The number of amides is 2. The first-order valence-corrected chi connectivity index (χ1v) is 7.65. The minimum Gasteiger partial charge on any atom is -0.382 e. The van der Waals surface area contributed by atoms with Crippen LogP contribution in [0.3, 0.4) is 0 Å². The van der Waals surface area contributed by atoms with Crippen LogP contribution < -0.4 is 27.9 Å². The number of carbonyl (C=O) groups excluding carboxylic acids is 1. The van der Waals surface area contributed by atoms with Crippen molar-refractivity contribution < 1.29 is 4.79 Å². The van der Waals surface area contributed by atoms with Gasteiger partial charge in [-0.25, -0.2) is 10.2 Å². The molecule has 1 aromatic heterocycles. The normalized spacial score (nSPS) is 11.5. The molecule has 0 fully saturated rings. The molecule has 12 heteroatoms. The van der Waals surface area contributed by atoms with E-state index < -0.39 is 6.03 Å². The molecule has 2 amide bonds. The molecular weight excluding hydrogens is 360 g/mol. The first-order valence-electron chi connectivity index (χ1n) is 7.28. The van der Waals surface area contributed by atoms with Gasteiger partial charge in [-0.05, 0) is 31.2 Å². The summed E-state index contributed by atoms with van der Waals surface area (Å²) in [5, 5.41) is 15.5. The van der Waals surface area contributed by atoms with Crippen molar-refractivity contribution >= 4 is 52.3 Å². The van der Waals surface area contributed by atoms with Gasteiger partial charge in [-0.15, -0.1) is 5.11 Å². The average molecular weight is 377 g/mol. The molecule has 2 aromatic rings. The van der Waals surface area contributed by atoms with Gasteiger partial charge in [0.15, 0.2) is 17.3 Å². The van der Waals surface area contributed by atoms with Crippen molar-refractivity contribution in [1.29, 1.82) is 0 Å². The van der Waals surface area contributed by atoms with Crippen LogP contribution in [0.4, 0.5) is 33.8 Å². The monoisotopic (exact) mass is 376 g/mol. The molecule has 0 radical (unpaired) electrons. The highest BCUT2D eigenvalue weighted by Gasteiger charge is 2.11. The smallest absolute Gasteiger partial charge is 0.332 e. The van der Waals surface area contributed by atoms with Crippen LogP contribution >= 0.6 is 11.6 Å². The zero-order valence-electron chi connectivity index (χ0n) is 13.8. The fourth-order valence-corrected chi connectivity index (χ4v) is 1.86. The van der Waals surface area contributed by atoms with E-state index in [1.807, 2.05) is 0 Å². The Bertz CT molecular complexity index is 850. The summed E-state index contributed by atoms with van der Waals surface area (Å²) in [6.45, 7) is 1.89. The summed E-state index contributed by atoms with van der Waals surface area (Å²) in [4.78, 5) is 18.6. The van der Waals surface area contributed by atoms with Gasteiger partial charge in [0.05, 0.1) is 17.9 Å². The van der Waals surface area contributed by atoms with Gasteiger partial charge in [-0.2, -0.15) is 20.2 Å². The van der Waals surface area contributed by atoms with Gasteiger partial charge in [0.2, 0.25) is 5.95 Å². The van der Waals surface area contributed by atoms with E-state index in [1.54, 1.807) is 31.2 Å². The van der Waals surface area contributed by atoms with E-state index in [1.165, 1.54) is 0 Å². The Balaban J connectivity index is 2.21. The van der Waals surface area contributed by atoms with Crippen molar-refractivity contribution in [3.8, 4) is 0 Å². The van der Waals surface area contributed by atoms with Gasteiger partial charge < -0.3 is 22.5 Å². The van der Waals surface area contributed by atoms with Crippen molar-refractivity contribution in [3.63, 3.8) is 0 Å². The highest BCUT2D eigenvalue weighted by Crippen LogP contribution is 2.31. The molecule has 8 N–H and O–H groups in total. The third-order valence-electron chi connectivity index (χ3n) is 2.89. The molecule has 1 heterocycles. The Labute approximate surface area is 153 Å². The number of nitrogens with one attached hydrogen (secondary N) is 2. The zero-order chi connectivity index (χ0) is 19.1. The number of nitrogens with two attached hydrogens (primary N) is 3. The number of carbonyl (C=O) groups is 1. The van der Waals surface area contributed by atoms with Crippen LogP contribution in [0.25, 0.3) is 0 Å². The maximum absolute atomic E-state index is 10.7. The minimum atomic E-state index is -0.766. The van der Waals surface area contributed by atoms with E-state index in [0.717, 1.165) is 0 Å². The van der Waals surface area contributed by atoms with E-state index in [-0.39, 0.29) is 29.8 Å². The molecule has 2 rings (SSSR count). The number of nitrogen functional groups attached to an aromatic ring is 2. The summed E-state index contributed by atoms with van der Waals surface area (Å²) in [6, 6.07) is 5.99. The second-order valence-electron chi connectivity index (χ2n) is 5.02. The summed E-state index contributed by atoms with van der Waals surface area (Å²) in [5.74, 6) is 0.296. The number of primary amides is 1. The summed E-state index contributed by atoms with van der Waals surface area (Å²) < 4.78 is 0. The molecule has 0 atom stereocenters. The lowest BCUT2D eigenvalue weighted by atomic mass is 10.3. The van der Waals surface area contributed by atoms with Gasteiger partial charge in [0.1, 0.15) is 0 Å². The molecule has 0 unspecified atom stereocenters. The van der Waals surface area contributed by atoms with Crippen LogP contribution in [0.2, 0.25) is 5.02 Å². The molecule has 136 valence electrons. The van der Waals surface area contributed by atoms with Crippen LogP contribution in [-0.4, -0.2) is 28.3 Å². The molecule has 0 aliphatic carbocycles. The standard InChI is InChI=1S/C14H17ClN10O/c1-7(22-25-14(18)26)6-19-12-10(11(16)20-13(17)21-12)24-23-9-4-2-8(15)3-5-9/h2-5H,6H2,1H3,(H3,18,25,26)(H5,16,17,19,20,21)/b22-7+,24-23?. The predicted molar refractivity (Wildman–Crippen MR) is 101 cm³/mol. The van der Waals surface area contributed by atoms with Crippen molar-refractivity contribution in [3.05, 3.63) is 29.3 Å². The predicted octanol–water partition coefficient (Wildman–Crippen LogP) is 2.17. The first kappa shape index (κ1) is 18.9. The van der Waals surface area contributed by atoms with Crippen molar-refractivity contribution in [1.82, 2.24) is 15.4 Å². The Hall–Kier alpha value is -3.47. The third-order valence-corrected chi connectivity index (χ3v) is 3.14. The quantitative estimate of drug-likeness (QED) is 0.292. The number of halogens is 1. The number of hydrogen-bond acceptors (Lipinski definition) is 9. The summed E-state index contributed by atoms with van der Waals surface area (Å²) in [7, 11) is 0. The number of hydrazone groups is 1. The minimum absolute atomic E-state index is 0.0275. The second kappa shape index (κ2) is 8.58. The van der Waals surface area contributed by atoms with Gasteiger partial charge in [-0.1, -0.05) is 11.6 Å². The molecule has 0 saturated carbocycles. The van der Waals surface area contributed by atoms with Crippen molar-refractivity contribution in [2.45, 2.75) is 6.92 Å². The topological polar surface area (TPSA) is 182 Å². The fraction of sp³-hybridized carbons (Fsp3) is 0.143. The molecule has 0 saturated heterocycles. The van der Waals surface area contributed by atoms with Crippen LogP contribution in [0, 0.1) is 0 Å².